The number of ether oxygens (including phenoxy) is 1. The Morgan fingerprint density at radius 2 is 1.24 bits per heavy atom. The van der Waals surface area contributed by atoms with Crippen molar-refractivity contribution in [2.45, 2.75) is 25.7 Å². The van der Waals surface area contributed by atoms with Crippen LogP contribution >= 0.6 is 23.2 Å². The molecule has 0 aliphatic heterocycles. The molecule has 5 rings (SSSR count). The van der Waals surface area contributed by atoms with Crippen LogP contribution in [0.1, 0.15) is 33.4 Å². The van der Waals surface area contributed by atoms with Crippen molar-refractivity contribution in [1.29, 1.82) is 0 Å². The first kappa shape index (κ1) is 25.1. The molecule has 0 aliphatic rings. The van der Waals surface area contributed by atoms with Crippen LogP contribution in [0, 0.1) is 13.8 Å². The highest BCUT2D eigenvalue weighted by molar-refractivity contribution is 6.35. The number of para-hydroxylation sites is 1. The largest absolute Gasteiger partial charge is 0.457 e. The summed E-state index contributed by atoms with van der Waals surface area (Å²) in [6.07, 6.45) is 0.715. The van der Waals surface area contributed by atoms with Crippen molar-refractivity contribution in [2.24, 2.45) is 0 Å². The highest BCUT2D eigenvalue weighted by Crippen LogP contribution is 2.46. The summed E-state index contributed by atoms with van der Waals surface area (Å²) in [4.78, 5) is 0. The van der Waals surface area contributed by atoms with Crippen molar-refractivity contribution in [2.75, 3.05) is 0 Å². The van der Waals surface area contributed by atoms with Gasteiger partial charge in [-0.05, 0) is 78.9 Å². The van der Waals surface area contributed by atoms with E-state index in [2.05, 4.69) is 86.6 Å². The first-order chi connectivity index (χ1) is 17.9. The molecular weight excluding hydrogens is 495 g/mol. The summed E-state index contributed by atoms with van der Waals surface area (Å²) in [6, 6.07) is 41.5. The van der Waals surface area contributed by atoms with E-state index in [1.807, 2.05) is 48.5 Å². The average Bonchev–Trinajstić information content (AvgIpc) is 2.90. The van der Waals surface area contributed by atoms with Crippen LogP contribution in [0.15, 0.2) is 121 Å². The zero-order valence-electron chi connectivity index (χ0n) is 20.9. The number of halogens is 2. The first-order valence-corrected chi connectivity index (χ1v) is 13.1. The van der Waals surface area contributed by atoms with E-state index in [9.17, 15) is 0 Å². The van der Waals surface area contributed by atoms with Gasteiger partial charge in [0, 0.05) is 10.0 Å². The van der Waals surface area contributed by atoms with Crippen molar-refractivity contribution >= 4 is 23.2 Å². The van der Waals surface area contributed by atoms with Crippen LogP contribution in [-0.2, 0) is 11.8 Å². The fraction of sp³-hybridized carbons (Fsp3) is 0.118. The van der Waals surface area contributed by atoms with Crippen molar-refractivity contribution in [3.05, 3.63) is 165 Å². The van der Waals surface area contributed by atoms with Gasteiger partial charge in [0.05, 0.1) is 5.41 Å². The molecule has 1 nitrogen and oxygen atoms in total. The molecule has 3 heteroatoms. The number of aryl methyl sites for hydroxylation is 2. The molecule has 0 bridgehead atoms. The molecule has 0 saturated carbocycles. The summed E-state index contributed by atoms with van der Waals surface area (Å²) in [5, 5.41) is 1.25. The molecule has 0 spiro atoms. The molecule has 0 radical (unpaired) electrons. The molecule has 5 aromatic rings. The number of benzene rings is 5. The van der Waals surface area contributed by atoms with Gasteiger partial charge in [-0.25, -0.2) is 0 Å². The predicted octanol–water partition coefficient (Wildman–Crippen LogP) is 9.98. The molecule has 0 aliphatic carbocycles. The summed E-state index contributed by atoms with van der Waals surface area (Å²) >= 11 is 13.4. The second-order valence-electron chi connectivity index (χ2n) is 9.50. The topological polar surface area (TPSA) is 9.23 Å². The zero-order valence-corrected chi connectivity index (χ0v) is 22.4. The second kappa shape index (κ2) is 10.8. The second-order valence-corrected chi connectivity index (χ2v) is 10.3. The smallest absolute Gasteiger partial charge is 0.127 e. The lowest BCUT2D eigenvalue weighted by Gasteiger charge is -2.37. The fourth-order valence-corrected chi connectivity index (χ4v) is 5.48. The minimum atomic E-state index is -0.583. The third-order valence-corrected chi connectivity index (χ3v) is 7.38. The molecule has 1 atom stereocenters. The Morgan fingerprint density at radius 3 is 1.92 bits per heavy atom. The summed E-state index contributed by atoms with van der Waals surface area (Å²) in [5.74, 6) is 1.57. The van der Waals surface area contributed by atoms with Crippen LogP contribution in [0.5, 0.6) is 11.5 Å². The van der Waals surface area contributed by atoms with E-state index in [4.69, 9.17) is 27.9 Å². The van der Waals surface area contributed by atoms with E-state index in [0.29, 0.717) is 16.5 Å². The standard InChI is InChI=1S/C34H28Cl2O/c1-24-11-15-26(16-12-24)23-34(27-17-13-25(2)14-18-27,32-20-19-29(35)22-33(32)36)28-7-6-10-31(21-28)37-30-8-4-3-5-9-30/h3-22H,23H2,1-2H3. The van der Waals surface area contributed by atoms with Gasteiger partial charge in [-0.3, -0.25) is 0 Å². The maximum absolute atomic E-state index is 6.99. The summed E-state index contributed by atoms with van der Waals surface area (Å²) in [7, 11) is 0. The summed E-state index contributed by atoms with van der Waals surface area (Å²) in [5.41, 5.74) is 6.31. The fourth-order valence-electron chi connectivity index (χ4n) is 4.91. The van der Waals surface area contributed by atoms with Crippen LogP contribution in [0.25, 0.3) is 0 Å². The third kappa shape index (κ3) is 5.44. The zero-order chi connectivity index (χ0) is 25.8. The van der Waals surface area contributed by atoms with Gasteiger partial charge in [-0.15, -0.1) is 0 Å². The van der Waals surface area contributed by atoms with Gasteiger partial charge in [0.2, 0.25) is 0 Å². The summed E-state index contributed by atoms with van der Waals surface area (Å²) < 4.78 is 6.27. The van der Waals surface area contributed by atoms with E-state index < -0.39 is 5.41 Å². The molecule has 184 valence electrons. The molecule has 0 saturated heterocycles. The minimum Gasteiger partial charge on any atom is -0.457 e. The molecule has 0 heterocycles. The highest BCUT2D eigenvalue weighted by atomic mass is 35.5. The molecule has 0 amide bonds. The van der Waals surface area contributed by atoms with Gasteiger partial charge in [0.25, 0.3) is 0 Å². The molecule has 0 aromatic heterocycles. The van der Waals surface area contributed by atoms with Crippen LogP contribution in [0.2, 0.25) is 10.0 Å². The predicted molar refractivity (Wildman–Crippen MR) is 155 cm³/mol. The van der Waals surface area contributed by atoms with Gasteiger partial charge in [-0.1, -0.05) is 119 Å². The minimum absolute atomic E-state index is 0.583. The van der Waals surface area contributed by atoms with Crippen molar-refractivity contribution in [1.82, 2.24) is 0 Å². The van der Waals surface area contributed by atoms with E-state index in [0.717, 1.165) is 28.2 Å². The molecule has 1 unspecified atom stereocenters. The van der Waals surface area contributed by atoms with Crippen LogP contribution in [-0.4, -0.2) is 0 Å². The average molecular weight is 524 g/mol. The van der Waals surface area contributed by atoms with Gasteiger partial charge in [0.1, 0.15) is 11.5 Å². The maximum atomic E-state index is 6.99. The lowest BCUT2D eigenvalue weighted by molar-refractivity contribution is 0.479. The molecule has 37 heavy (non-hydrogen) atoms. The lowest BCUT2D eigenvalue weighted by atomic mass is 9.66. The Bertz CT molecular complexity index is 1490. The van der Waals surface area contributed by atoms with E-state index in [1.165, 1.54) is 16.7 Å². The Morgan fingerprint density at radius 1 is 0.595 bits per heavy atom. The first-order valence-electron chi connectivity index (χ1n) is 12.4. The van der Waals surface area contributed by atoms with E-state index in [1.54, 1.807) is 0 Å². The van der Waals surface area contributed by atoms with Crippen molar-refractivity contribution in [3.8, 4) is 11.5 Å². The van der Waals surface area contributed by atoms with Crippen molar-refractivity contribution in [3.63, 3.8) is 0 Å². The Labute approximate surface area is 229 Å². The van der Waals surface area contributed by atoms with E-state index in [-0.39, 0.29) is 0 Å². The maximum Gasteiger partial charge on any atom is 0.127 e. The van der Waals surface area contributed by atoms with E-state index >= 15 is 0 Å². The van der Waals surface area contributed by atoms with Gasteiger partial charge < -0.3 is 4.74 Å². The Kier molecular flexibility index (Phi) is 7.37. The lowest BCUT2D eigenvalue weighted by Crippen LogP contribution is -2.32. The highest BCUT2D eigenvalue weighted by Gasteiger charge is 2.38. The normalized spacial score (nSPS) is 12.6. The molecule has 0 N–H and O–H groups in total. The van der Waals surface area contributed by atoms with Gasteiger partial charge in [0.15, 0.2) is 0 Å². The van der Waals surface area contributed by atoms with Gasteiger partial charge >= 0.3 is 0 Å². The quantitative estimate of drug-likeness (QED) is 0.193. The van der Waals surface area contributed by atoms with Crippen LogP contribution in [0.4, 0.5) is 0 Å². The molecule has 0 fully saturated rings. The van der Waals surface area contributed by atoms with Crippen molar-refractivity contribution < 1.29 is 4.74 Å². The Balaban J connectivity index is 1.76. The summed E-state index contributed by atoms with van der Waals surface area (Å²) in [6.45, 7) is 4.21. The van der Waals surface area contributed by atoms with Crippen LogP contribution in [0.3, 0.4) is 0 Å². The number of hydrogen-bond donors (Lipinski definition) is 0. The van der Waals surface area contributed by atoms with Gasteiger partial charge in [-0.2, -0.15) is 0 Å². The third-order valence-electron chi connectivity index (χ3n) is 6.83. The number of rotatable bonds is 7. The van der Waals surface area contributed by atoms with Crippen LogP contribution < -0.4 is 4.74 Å². The monoisotopic (exact) mass is 522 g/mol. The molecular formula is C34H28Cl2O. The SMILES string of the molecule is Cc1ccc(CC(c2ccc(C)cc2)(c2cccc(Oc3ccccc3)c2)c2ccc(Cl)cc2Cl)cc1. The molecule has 5 aromatic carbocycles. The Hall–Kier alpha value is -3.52. The number of hydrogen-bond acceptors (Lipinski definition) is 1.